The molecule has 0 spiro atoms. The summed E-state index contributed by atoms with van der Waals surface area (Å²) >= 11 is 0.986. The van der Waals surface area contributed by atoms with E-state index in [1.165, 1.54) is 0 Å². The highest BCUT2D eigenvalue weighted by atomic mass is 32.1. The molecule has 1 heterocycles. The van der Waals surface area contributed by atoms with Gasteiger partial charge in [-0.2, -0.15) is 0 Å². The summed E-state index contributed by atoms with van der Waals surface area (Å²) in [6.07, 6.45) is -2.59. The molecule has 112 valence electrons. The number of carboxylic acids is 1. The minimum Gasteiger partial charge on any atom is -0.477 e. The topological polar surface area (TPSA) is 88.5 Å². The van der Waals surface area contributed by atoms with Crippen molar-refractivity contribution in [2.75, 3.05) is 13.2 Å². The van der Waals surface area contributed by atoms with Crippen LogP contribution in [0.2, 0.25) is 0 Å². The predicted octanol–water partition coefficient (Wildman–Crippen LogP) is 1.44. The lowest BCUT2D eigenvalue weighted by molar-refractivity contribution is -0.122. The first kappa shape index (κ1) is 16.4. The Balaban J connectivity index is 2.30. The lowest BCUT2D eigenvalue weighted by Crippen LogP contribution is -2.24. The monoisotopic (exact) mass is 308 g/mol. The molecule has 1 rings (SSSR count). The minimum absolute atomic E-state index is 0.0388. The molecule has 0 fully saturated rings. The third-order valence-corrected chi connectivity index (χ3v) is 3.33. The summed E-state index contributed by atoms with van der Waals surface area (Å²) in [5, 5.41) is 11.8. The van der Waals surface area contributed by atoms with Gasteiger partial charge in [0.2, 0.25) is 5.91 Å². The molecule has 0 saturated carbocycles. The predicted molar refractivity (Wildman–Crippen MR) is 67.1 cm³/mol. The van der Waals surface area contributed by atoms with Gasteiger partial charge in [0.05, 0.1) is 18.8 Å². The van der Waals surface area contributed by atoms with Crippen molar-refractivity contribution in [1.82, 2.24) is 10.3 Å². The van der Waals surface area contributed by atoms with E-state index in [0.717, 1.165) is 11.3 Å². The Kier molecular flexibility index (Phi) is 6.46. The number of halogens is 2. The van der Waals surface area contributed by atoms with Gasteiger partial charge in [0, 0.05) is 6.42 Å². The van der Waals surface area contributed by atoms with Crippen molar-refractivity contribution < 1.29 is 28.2 Å². The Morgan fingerprint density at radius 2 is 2.20 bits per heavy atom. The van der Waals surface area contributed by atoms with Crippen LogP contribution in [0.15, 0.2) is 0 Å². The maximum Gasteiger partial charge on any atom is 0.347 e. The first-order chi connectivity index (χ1) is 9.40. The average molecular weight is 308 g/mol. The van der Waals surface area contributed by atoms with Gasteiger partial charge in [-0.1, -0.05) is 0 Å². The summed E-state index contributed by atoms with van der Waals surface area (Å²) in [4.78, 5) is 26.3. The van der Waals surface area contributed by atoms with Crippen molar-refractivity contribution in [3.63, 3.8) is 0 Å². The molecule has 6 nitrogen and oxygen atoms in total. The summed E-state index contributed by atoms with van der Waals surface area (Å²) in [5.74, 6) is -1.43. The number of carboxylic acid groups (broad SMARTS) is 1. The maximum atomic E-state index is 11.8. The van der Waals surface area contributed by atoms with E-state index in [-0.39, 0.29) is 30.4 Å². The lowest BCUT2D eigenvalue weighted by Gasteiger charge is -2.04. The minimum atomic E-state index is -2.55. The fraction of sp³-hybridized carbons (Fsp3) is 0.545. The summed E-state index contributed by atoms with van der Waals surface area (Å²) in [6.45, 7) is 0.893. The van der Waals surface area contributed by atoms with Crippen molar-refractivity contribution >= 4 is 23.2 Å². The van der Waals surface area contributed by atoms with Crippen molar-refractivity contribution in [2.24, 2.45) is 0 Å². The third-order valence-electron chi connectivity index (χ3n) is 2.19. The quantitative estimate of drug-likeness (QED) is 0.709. The molecule has 9 heteroatoms. The largest absolute Gasteiger partial charge is 0.477 e. The zero-order chi connectivity index (χ0) is 15.1. The van der Waals surface area contributed by atoms with Gasteiger partial charge in [-0.05, 0) is 6.92 Å². The normalized spacial score (nSPS) is 10.8. The Morgan fingerprint density at radius 3 is 2.75 bits per heavy atom. The van der Waals surface area contributed by atoms with Gasteiger partial charge in [-0.25, -0.2) is 18.6 Å². The molecule has 2 N–H and O–H groups in total. The molecule has 0 radical (unpaired) electrons. The number of hydrogen-bond donors (Lipinski definition) is 2. The smallest absolute Gasteiger partial charge is 0.347 e. The maximum absolute atomic E-state index is 11.8. The second-order valence-corrected chi connectivity index (χ2v) is 4.90. The molecule has 0 aliphatic rings. The number of thiazole rings is 1. The lowest BCUT2D eigenvalue weighted by atomic mass is 10.4. The molecule has 1 aromatic rings. The number of alkyl halides is 2. The standard InChI is InChI=1S/C11H14F2N2O4S/c1-6-10(11(17)18)20-9(15-6)4-14-8(16)2-3-19-5-7(12)13/h7H,2-5H2,1H3,(H,14,16)(H,17,18). The number of aromatic nitrogens is 1. The molecule has 0 unspecified atom stereocenters. The van der Waals surface area contributed by atoms with Crippen molar-refractivity contribution in [2.45, 2.75) is 26.3 Å². The van der Waals surface area contributed by atoms with E-state index in [9.17, 15) is 18.4 Å². The molecule has 0 atom stereocenters. The zero-order valence-corrected chi connectivity index (χ0v) is 11.5. The van der Waals surface area contributed by atoms with Gasteiger partial charge >= 0.3 is 5.97 Å². The Labute approximate surface area is 117 Å². The summed E-state index contributed by atoms with van der Waals surface area (Å²) in [5.41, 5.74) is 0.395. The van der Waals surface area contributed by atoms with Crippen LogP contribution in [0, 0.1) is 6.92 Å². The number of nitrogens with zero attached hydrogens (tertiary/aromatic N) is 1. The number of carbonyl (C=O) groups excluding carboxylic acids is 1. The van der Waals surface area contributed by atoms with Crippen molar-refractivity contribution in [3.05, 3.63) is 15.6 Å². The molecule has 0 bridgehead atoms. The average Bonchev–Trinajstić information content (AvgIpc) is 2.73. The van der Waals surface area contributed by atoms with E-state index in [1.807, 2.05) is 0 Å². The van der Waals surface area contributed by atoms with Crippen LogP contribution in [0.3, 0.4) is 0 Å². The van der Waals surface area contributed by atoms with E-state index in [4.69, 9.17) is 5.11 Å². The van der Waals surface area contributed by atoms with E-state index in [0.29, 0.717) is 10.7 Å². The zero-order valence-electron chi connectivity index (χ0n) is 10.7. The SMILES string of the molecule is Cc1nc(CNC(=O)CCOCC(F)F)sc1C(=O)O. The van der Waals surface area contributed by atoms with Crippen LogP contribution in [0.4, 0.5) is 8.78 Å². The van der Waals surface area contributed by atoms with Crippen LogP contribution < -0.4 is 5.32 Å². The summed E-state index contributed by atoms with van der Waals surface area (Å²) in [6, 6.07) is 0. The number of nitrogens with one attached hydrogen (secondary N) is 1. The van der Waals surface area contributed by atoms with Gasteiger partial charge in [-0.15, -0.1) is 11.3 Å². The molecule has 0 aliphatic carbocycles. The van der Waals surface area contributed by atoms with E-state index >= 15 is 0 Å². The fourth-order valence-corrected chi connectivity index (χ4v) is 2.17. The fourth-order valence-electron chi connectivity index (χ4n) is 1.33. The van der Waals surface area contributed by atoms with Gasteiger partial charge < -0.3 is 15.2 Å². The first-order valence-electron chi connectivity index (χ1n) is 5.72. The van der Waals surface area contributed by atoms with Crippen LogP contribution >= 0.6 is 11.3 Å². The number of amides is 1. The highest BCUT2D eigenvalue weighted by Crippen LogP contribution is 2.17. The van der Waals surface area contributed by atoms with Gasteiger partial charge in [0.1, 0.15) is 16.5 Å². The Morgan fingerprint density at radius 1 is 1.50 bits per heavy atom. The molecule has 0 aliphatic heterocycles. The highest BCUT2D eigenvalue weighted by molar-refractivity contribution is 7.13. The van der Waals surface area contributed by atoms with Gasteiger partial charge in [0.25, 0.3) is 6.43 Å². The van der Waals surface area contributed by atoms with Crippen LogP contribution in [0.1, 0.15) is 26.8 Å². The molecule has 1 aromatic heterocycles. The summed E-state index contributed by atoms with van der Waals surface area (Å²) < 4.78 is 28.1. The van der Waals surface area contributed by atoms with Gasteiger partial charge in [0.15, 0.2) is 0 Å². The number of rotatable bonds is 8. The number of aryl methyl sites for hydroxylation is 1. The van der Waals surface area contributed by atoms with Crippen LogP contribution in [-0.4, -0.2) is 41.6 Å². The van der Waals surface area contributed by atoms with E-state index < -0.39 is 19.0 Å². The molecule has 0 aromatic carbocycles. The number of carbonyl (C=O) groups is 2. The second-order valence-electron chi connectivity index (χ2n) is 3.82. The van der Waals surface area contributed by atoms with Crippen LogP contribution in [0.25, 0.3) is 0 Å². The molecular formula is C11H14F2N2O4S. The molecule has 20 heavy (non-hydrogen) atoms. The molecule has 1 amide bonds. The number of hydrogen-bond acceptors (Lipinski definition) is 5. The Bertz CT molecular complexity index is 479. The van der Waals surface area contributed by atoms with Crippen LogP contribution in [-0.2, 0) is 16.1 Å². The number of ether oxygens (including phenoxy) is 1. The van der Waals surface area contributed by atoms with Gasteiger partial charge in [-0.3, -0.25) is 4.79 Å². The van der Waals surface area contributed by atoms with E-state index in [1.54, 1.807) is 6.92 Å². The second kappa shape index (κ2) is 7.85. The highest BCUT2D eigenvalue weighted by Gasteiger charge is 2.14. The molecule has 0 saturated heterocycles. The molecular weight excluding hydrogens is 294 g/mol. The van der Waals surface area contributed by atoms with Crippen molar-refractivity contribution in [3.8, 4) is 0 Å². The van der Waals surface area contributed by atoms with E-state index in [2.05, 4.69) is 15.0 Å². The number of aromatic carboxylic acids is 1. The first-order valence-corrected chi connectivity index (χ1v) is 6.54. The van der Waals surface area contributed by atoms with Crippen LogP contribution in [0.5, 0.6) is 0 Å². The van der Waals surface area contributed by atoms with Crippen molar-refractivity contribution in [1.29, 1.82) is 0 Å². The third kappa shape index (κ3) is 5.57. The Hall–Kier alpha value is -1.61. The summed E-state index contributed by atoms with van der Waals surface area (Å²) in [7, 11) is 0.